The van der Waals surface area contributed by atoms with Crippen LogP contribution in [-0.2, 0) is 0 Å². The third kappa shape index (κ3) is 4.10. The van der Waals surface area contributed by atoms with Crippen LogP contribution in [0.4, 0.5) is 0 Å². The molecule has 0 bridgehead atoms. The molecule has 0 fully saturated rings. The molecule has 0 amide bonds. The normalized spacial score (nSPS) is 5.80. The van der Waals surface area contributed by atoms with Crippen molar-refractivity contribution in [1.29, 1.82) is 0 Å². The maximum atomic E-state index is 3.67. The molecule has 0 heterocycles. The maximum absolute atomic E-state index is 3.67. The molecule has 0 aromatic carbocycles. The van der Waals surface area contributed by atoms with Crippen LogP contribution in [-0.4, -0.2) is 26.8 Å². The third-order valence-electron chi connectivity index (χ3n) is 0.223. The van der Waals surface area contributed by atoms with Gasteiger partial charge in [0.05, 0.1) is 0 Å². The predicted octanol–water partition coefficient (Wildman–Crippen LogP) is 0.0801. The quantitative estimate of drug-likeness (QED) is 0.355. The van der Waals surface area contributed by atoms with Crippen molar-refractivity contribution in [3.8, 4) is 0 Å². The molecule has 0 N–H and O–H groups in total. The van der Waals surface area contributed by atoms with Gasteiger partial charge in [-0.05, 0) is 0 Å². The molecule has 5 heavy (non-hydrogen) atoms. The summed E-state index contributed by atoms with van der Waals surface area (Å²) in [7, 11) is 0. The summed E-state index contributed by atoms with van der Waals surface area (Å²) in [5.74, 6) is 0. The summed E-state index contributed by atoms with van der Waals surface area (Å²) in [6.07, 6.45) is 0. The standard InChI is InChI=1S/C3H5NSe/c1-2-4-3-5/h2H2,1H3. The summed E-state index contributed by atoms with van der Waals surface area (Å²) in [5.41, 5.74) is 0. The van der Waals surface area contributed by atoms with E-state index in [-0.39, 0.29) is 0 Å². The summed E-state index contributed by atoms with van der Waals surface area (Å²) in [6, 6.07) is 0. The summed E-state index contributed by atoms with van der Waals surface area (Å²) in [4.78, 5) is 3.67. The molecule has 0 aromatic rings. The van der Waals surface area contributed by atoms with E-state index in [0.29, 0.717) is 0 Å². The van der Waals surface area contributed by atoms with E-state index < -0.39 is 0 Å². The second-order valence-electron chi connectivity index (χ2n) is 0.566. The van der Waals surface area contributed by atoms with Gasteiger partial charge in [0.1, 0.15) is 0 Å². The molecule has 0 aromatic heterocycles. The first-order valence-electron chi connectivity index (χ1n) is 1.45. The van der Waals surface area contributed by atoms with Crippen molar-refractivity contribution in [2.75, 3.05) is 6.54 Å². The van der Waals surface area contributed by atoms with Crippen LogP contribution in [0.5, 0.6) is 0 Å². The van der Waals surface area contributed by atoms with Gasteiger partial charge in [0.25, 0.3) is 0 Å². The van der Waals surface area contributed by atoms with Crippen LogP contribution >= 0.6 is 0 Å². The van der Waals surface area contributed by atoms with Crippen LogP contribution in [0.15, 0.2) is 4.99 Å². The van der Waals surface area contributed by atoms with Crippen molar-refractivity contribution in [2.24, 2.45) is 4.99 Å². The summed E-state index contributed by atoms with van der Waals surface area (Å²) in [6.45, 7) is 2.79. The average Bonchev–Trinajstić information content (AvgIpc) is 1.41. The zero-order valence-electron chi connectivity index (χ0n) is 3.06. The molecule has 0 saturated heterocycles. The van der Waals surface area contributed by atoms with E-state index in [1.165, 1.54) is 0 Å². The van der Waals surface area contributed by atoms with E-state index in [0.717, 1.165) is 6.54 Å². The molecular weight excluding hydrogens is 129 g/mol. The molecule has 0 unspecified atom stereocenters. The molecule has 0 spiro atoms. The first kappa shape index (κ1) is 5.10. The molecule has 0 atom stereocenters. The van der Waals surface area contributed by atoms with Gasteiger partial charge in [0.2, 0.25) is 0 Å². The number of hydrogen-bond acceptors (Lipinski definition) is 1. The zero-order valence-corrected chi connectivity index (χ0v) is 4.78. The number of hydrogen-bond donors (Lipinski definition) is 0. The Morgan fingerprint density at radius 1 is 2.00 bits per heavy atom. The molecule has 0 radical (unpaired) electrons. The summed E-state index contributed by atoms with van der Waals surface area (Å²) in [5, 5.41) is 0. The van der Waals surface area contributed by atoms with E-state index in [4.69, 9.17) is 0 Å². The third-order valence-corrected chi connectivity index (χ3v) is 0.494. The number of aliphatic imine (C=N–C) groups is 1. The Morgan fingerprint density at radius 2 is 2.60 bits per heavy atom. The van der Waals surface area contributed by atoms with Crippen molar-refractivity contribution < 1.29 is 0 Å². The molecule has 0 rings (SSSR count). The second kappa shape index (κ2) is 4.10. The molecular formula is C3H5NSe. The average molecular weight is 134 g/mol. The molecule has 28 valence electrons. The fourth-order valence-corrected chi connectivity index (χ4v) is 0.335. The van der Waals surface area contributed by atoms with Gasteiger partial charge in [0.15, 0.2) is 0 Å². The second-order valence-corrected chi connectivity index (χ2v) is 0.949. The van der Waals surface area contributed by atoms with E-state index >= 15 is 0 Å². The van der Waals surface area contributed by atoms with Crippen molar-refractivity contribution >= 4 is 20.3 Å². The SMILES string of the molecule is CCN=C=[Se]. The van der Waals surface area contributed by atoms with E-state index in [1.54, 1.807) is 0 Å². The number of nitrogens with zero attached hydrogens (tertiary/aromatic N) is 1. The Kier molecular flexibility index (Phi) is 4.18. The Hall–Kier alpha value is 0.0995. The topological polar surface area (TPSA) is 12.4 Å². The zero-order chi connectivity index (χ0) is 4.12. The first-order valence-corrected chi connectivity index (χ1v) is 2.31. The van der Waals surface area contributed by atoms with Gasteiger partial charge in [-0.15, -0.1) is 0 Å². The fraction of sp³-hybridized carbons (Fsp3) is 0.667. The van der Waals surface area contributed by atoms with Gasteiger partial charge in [-0.3, -0.25) is 0 Å². The van der Waals surface area contributed by atoms with Crippen molar-refractivity contribution in [3.05, 3.63) is 0 Å². The van der Waals surface area contributed by atoms with Gasteiger partial charge < -0.3 is 0 Å². The molecule has 0 aliphatic rings. The minimum atomic E-state index is 0.826. The van der Waals surface area contributed by atoms with E-state index in [2.05, 4.69) is 25.3 Å². The van der Waals surface area contributed by atoms with Gasteiger partial charge >= 0.3 is 38.8 Å². The Labute approximate surface area is 39.5 Å². The van der Waals surface area contributed by atoms with Crippen LogP contribution < -0.4 is 0 Å². The van der Waals surface area contributed by atoms with Gasteiger partial charge in [-0.2, -0.15) is 0 Å². The van der Waals surface area contributed by atoms with Crippen LogP contribution in [0.2, 0.25) is 0 Å². The van der Waals surface area contributed by atoms with Gasteiger partial charge in [0, 0.05) is 0 Å². The van der Waals surface area contributed by atoms with Crippen molar-refractivity contribution in [1.82, 2.24) is 0 Å². The van der Waals surface area contributed by atoms with E-state index in [1.807, 2.05) is 6.92 Å². The van der Waals surface area contributed by atoms with Crippen LogP contribution in [0, 0.1) is 0 Å². The molecule has 1 nitrogen and oxygen atoms in total. The fourth-order valence-electron chi connectivity index (χ4n) is 0.0645. The van der Waals surface area contributed by atoms with Crippen molar-refractivity contribution in [2.45, 2.75) is 6.92 Å². The predicted molar refractivity (Wildman–Crippen MR) is 23.7 cm³/mol. The number of rotatable bonds is 1. The summed E-state index contributed by atoms with van der Waals surface area (Å²) < 4.78 is 2.52. The summed E-state index contributed by atoms with van der Waals surface area (Å²) >= 11 is 2.53. The Morgan fingerprint density at radius 3 is 2.60 bits per heavy atom. The van der Waals surface area contributed by atoms with Gasteiger partial charge in [-0.1, -0.05) is 0 Å². The van der Waals surface area contributed by atoms with Crippen LogP contribution in [0.3, 0.4) is 0 Å². The van der Waals surface area contributed by atoms with Gasteiger partial charge in [-0.25, -0.2) is 0 Å². The van der Waals surface area contributed by atoms with Crippen LogP contribution in [0.1, 0.15) is 6.92 Å². The molecule has 0 aliphatic heterocycles. The van der Waals surface area contributed by atoms with Crippen molar-refractivity contribution in [3.63, 3.8) is 0 Å². The Balaban J connectivity index is 2.93. The molecule has 0 aliphatic carbocycles. The van der Waals surface area contributed by atoms with E-state index in [9.17, 15) is 0 Å². The first-order chi connectivity index (χ1) is 2.41. The monoisotopic (exact) mass is 135 g/mol. The van der Waals surface area contributed by atoms with Crippen LogP contribution in [0.25, 0.3) is 0 Å². The molecule has 2 heteroatoms. The molecule has 0 saturated carbocycles. The Bertz CT molecular complexity index is 53.9. The minimum absolute atomic E-state index is 0.826.